The predicted octanol–water partition coefficient (Wildman–Crippen LogP) is 5.87. The molecule has 2 aliphatic heterocycles. The van der Waals surface area contributed by atoms with Crippen LogP contribution < -0.4 is 11.1 Å². The van der Waals surface area contributed by atoms with Crippen LogP contribution in [0, 0.1) is 0 Å². The number of rotatable bonds is 7. The number of nitrogens with two attached hydrogens (primary N) is 1. The first-order chi connectivity index (χ1) is 21.9. The van der Waals surface area contributed by atoms with Crippen LogP contribution in [0.15, 0.2) is 11.6 Å². The highest BCUT2D eigenvalue weighted by atomic mass is 32.1. The van der Waals surface area contributed by atoms with E-state index in [1.165, 1.54) is 49.9 Å². The monoisotopic (exact) mass is 634 g/mol. The molecule has 0 radical (unpaired) electrons. The molecule has 45 heavy (non-hydrogen) atoms. The zero-order valence-electron chi connectivity index (χ0n) is 26.6. The van der Waals surface area contributed by atoms with Crippen LogP contribution in [0.4, 0.5) is 11.1 Å². The Labute approximate surface area is 269 Å². The number of aromatic nitrogens is 5. The molecule has 7 rings (SSSR count). The third kappa shape index (κ3) is 6.52. The molecule has 2 aliphatic carbocycles. The second kappa shape index (κ2) is 13.1. The zero-order valence-corrected chi connectivity index (χ0v) is 27.4. The average Bonchev–Trinajstić information content (AvgIpc) is 3.58. The Bertz CT molecular complexity index is 1500. The summed E-state index contributed by atoms with van der Waals surface area (Å²) in [5.41, 5.74) is 10.2. The number of likely N-dealkylation sites (tertiary alicyclic amines) is 1. The Morgan fingerprint density at radius 3 is 2.62 bits per heavy atom. The van der Waals surface area contributed by atoms with Crippen LogP contribution in [0.2, 0.25) is 0 Å². The molecule has 1 unspecified atom stereocenters. The van der Waals surface area contributed by atoms with Crippen molar-refractivity contribution in [3.05, 3.63) is 34.1 Å². The molecule has 11 nitrogen and oxygen atoms in total. The summed E-state index contributed by atoms with van der Waals surface area (Å²) in [7, 11) is 0. The third-order valence-corrected chi connectivity index (χ3v) is 10.8. The van der Waals surface area contributed by atoms with Crippen molar-refractivity contribution in [2.24, 2.45) is 0 Å². The van der Waals surface area contributed by atoms with Crippen molar-refractivity contribution in [2.75, 3.05) is 30.7 Å². The Morgan fingerprint density at radius 1 is 1.09 bits per heavy atom. The number of ether oxygens (including phenoxy) is 2. The van der Waals surface area contributed by atoms with Crippen LogP contribution >= 0.6 is 11.3 Å². The fourth-order valence-electron chi connectivity index (χ4n) is 7.73. The Kier molecular flexibility index (Phi) is 8.91. The first-order valence-electron chi connectivity index (χ1n) is 16.8. The van der Waals surface area contributed by atoms with Crippen molar-refractivity contribution >= 4 is 28.3 Å². The van der Waals surface area contributed by atoms with Crippen LogP contribution in [-0.4, -0.2) is 67.4 Å². The van der Waals surface area contributed by atoms with Gasteiger partial charge in [-0.15, -0.1) is 11.3 Å². The van der Waals surface area contributed by atoms with E-state index in [1.54, 1.807) is 6.20 Å². The maximum Gasteiger partial charge on any atom is 0.278 e. The fraction of sp³-hybridized carbons (Fsp3) is 0.667. The highest BCUT2D eigenvalue weighted by Crippen LogP contribution is 2.46. The van der Waals surface area contributed by atoms with Crippen molar-refractivity contribution < 1.29 is 14.3 Å². The van der Waals surface area contributed by atoms with E-state index in [4.69, 9.17) is 25.3 Å². The molecule has 1 amide bonds. The van der Waals surface area contributed by atoms with Gasteiger partial charge in [0.2, 0.25) is 5.95 Å². The van der Waals surface area contributed by atoms with Crippen LogP contribution in [0.25, 0.3) is 11.4 Å². The molecule has 1 saturated carbocycles. The lowest BCUT2D eigenvalue weighted by Gasteiger charge is -2.37. The number of nitrogens with one attached hydrogen (secondary N) is 1. The average molecular weight is 635 g/mol. The molecule has 3 aromatic heterocycles. The minimum absolute atomic E-state index is 0.199. The molecule has 12 heteroatoms. The number of hydrogen-bond donors (Lipinski definition) is 2. The van der Waals surface area contributed by atoms with Gasteiger partial charge < -0.3 is 20.1 Å². The lowest BCUT2D eigenvalue weighted by Crippen LogP contribution is -2.43. The number of carbonyl (C=O) groups excluding carboxylic acids is 1. The second-order valence-corrected chi connectivity index (χ2v) is 14.6. The quantitative estimate of drug-likeness (QED) is 0.306. The van der Waals surface area contributed by atoms with Gasteiger partial charge >= 0.3 is 0 Å². The van der Waals surface area contributed by atoms with Gasteiger partial charge in [0.05, 0.1) is 29.8 Å². The van der Waals surface area contributed by atoms with Gasteiger partial charge in [-0.2, -0.15) is 5.10 Å². The first kappa shape index (κ1) is 30.7. The molecule has 3 aromatic rings. The number of carbonyl (C=O) groups is 1. The molecule has 0 spiro atoms. The van der Waals surface area contributed by atoms with Crippen molar-refractivity contribution in [2.45, 2.75) is 121 Å². The summed E-state index contributed by atoms with van der Waals surface area (Å²) in [6.45, 7) is 7.62. The summed E-state index contributed by atoms with van der Waals surface area (Å²) >= 11 is 1.42. The number of anilines is 2. The predicted molar refractivity (Wildman–Crippen MR) is 174 cm³/mol. The minimum Gasteiger partial charge on any atom is -0.372 e. The molecular formula is C33H46N8O3S. The van der Waals surface area contributed by atoms with E-state index in [-0.39, 0.29) is 29.6 Å². The van der Waals surface area contributed by atoms with Gasteiger partial charge in [0, 0.05) is 42.9 Å². The molecule has 2 saturated heterocycles. The molecule has 1 atom stereocenters. The number of hydrogen-bond acceptors (Lipinski definition) is 10. The summed E-state index contributed by atoms with van der Waals surface area (Å²) in [6, 6.07) is 0.761. The lowest BCUT2D eigenvalue weighted by atomic mass is 9.73. The number of fused-ring (bicyclic) bond motifs is 3. The van der Waals surface area contributed by atoms with Crippen molar-refractivity contribution in [3.8, 4) is 11.4 Å². The van der Waals surface area contributed by atoms with Crippen molar-refractivity contribution in [1.82, 2.24) is 29.6 Å². The normalized spacial score (nSPS) is 22.8. The third-order valence-electron chi connectivity index (χ3n) is 10.0. The van der Waals surface area contributed by atoms with Gasteiger partial charge in [0.15, 0.2) is 17.1 Å². The summed E-state index contributed by atoms with van der Waals surface area (Å²) in [5.74, 6) is -0.0856. The van der Waals surface area contributed by atoms with E-state index in [9.17, 15) is 4.79 Å². The maximum absolute atomic E-state index is 13.9. The fourth-order valence-corrected chi connectivity index (χ4v) is 8.42. The SMILES string of the molecule is CC1(C)Cc2cnc(N)nc2-c2c1c(C(=O)Nc1nc(COC3CCN(C4CCCCCC4)CC3)cs1)nn2C1CCCCO1. The second-order valence-electron chi connectivity index (χ2n) is 13.8. The molecule has 4 aliphatic rings. The minimum atomic E-state index is -0.380. The first-order valence-corrected chi connectivity index (χ1v) is 17.7. The molecule has 0 aromatic carbocycles. The van der Waals surface area contributed by atoms with Crippen LogP contribution in [0.1, 0.15) is 118 Å². The summed E-state index contributed by atoms with van der Waals surface area (Å²) in [6.07, 6.45) is 15.7. The number of amides is 1. The van der Waals surface area contributed by atoms with Gasteiger partial charge in [-0.05, 0) is 62.3 Å². The van der Waals surface area contributed by atoms with Crippen LogP contribution in [0.5, 0.6) is 0 Å². The van der Waals surface area contributed by atoms with Crippen molar-refractivity contribution in [3.63, 3.8) is 0 Å². The van der Waals surface area contributed by atoms with Crippen molar-refractivity contribution in [1.29, 1.82) is 0 Å². The van der Waals surface area contributed by atoms with E-state index in [0.29, 0.717) is 30.5 Å². The zero-order chi connectivity index (χ0) is 31.0. The number of nitrogen functional groups attached to an aromatic ring is 1. The van der Waals surface area contributed by atoms with E-state index in [2.05, 4.69) is 34.0 Å². The Morgan fingerprint density at radius 2 is 1.87 bits per heavy atom. The van der Waals surface area contributed by atoms with Gasteiger partial charge in [-0.1, -0.05) is 39.5 Å². The Balaban J connectivity index is 1.04. The van der Waals surface area contributed by atoms with E-state index in [1.807, 2.05) is 10.1 Å². The molecule has 3 fully saturated rings. The lowest BCUT2D eigenvalue weighted by molar-refractivity contribution is -0.0386. The van der Waals surface area contributed by atoms with E-state index in [0.717, 1.165) is 79.4 Å². The number of piperidine rings is 1. The number of thiazole rings is 1. The van der Waals surface area contributed by atoms with Crippen LogP contribution in [0.3, 0.4) is 0 Å². The highest BCUT2D eigenvalue weighted by molar-refractivity contribution is 7.14. The topological polar surface area (TPSA) is 133 Å². The number of nitrogens with zero attached hydrogens (tertiary/aromatic N) is 6. The largest absolute Gasteiger partial charge is 0.372 e. The molecule has 5 heterocycles. The van der Waals surface area contributed by atoms with Crippen LogP contribution in [-0.2, 0) is 27.9 Å². The Hall–Kier alpha value is -2.93. The van der Waals surface area contributed by atoms with Gasteiger partial charge in [0.25, 0.3) is 5.91 Å². The maximum atomic E-state index is 13.9. The smallest absolute Gasteiger partial charge is 0.278 e. The van der Waals surface area contributed by atoms with Gasteiger partial charge in [-0.3, -0.25) is 10.1 Å². The van der Waals surface area contributed by atoms with Gasteiger partial charge in [0.1, 0.15) is 0 Å². The van der Waals surface area contributed by atoms with E-state index < -0.39 is 0 Å². The standard InChI is InChI=1S/C33H46N8O3S/c1-33(2)17-21-18-35-31(34)37-27(21)29-26(33)28(39-41(29)25-11-7-8-16-43-25)30(42)38-32-36-22(20-45-32)19-44-24-12-14-40(15-13-24)23-9-5-3-4-6-10-23/h18,20,23-25H,3-17,19H2,1-2H3,(H2,34,35,37)(H,36,38,42). The molecule has 3 N–H and O–H groups in total. The summed E-state index contributed by atoms with van der Waals surface area (Å²) < 4.78 is 14.3. The highest BCUT2D eigenvalue weighted by Gasteiger charge is 2.42. The van der Waals surface area contributed by atoms with E-state index >= 15 is 0 Å². The van der Waals surface area contributed by atoms with Gasteiger partial charge in [-0.25, -0.2) is 19.6 Å². The summed E-state index contributed by atoms with van der Waals surface area (Å²) in [4.78, 5) is 30.2. The summed E-state index contributed by atoms with van der Waals surface area (Å²) in [5, 5.41) is 10.5. The molecule has 242 valence electrons. The molecular weight excluding hydrogens is 588 g/mol. The molecule has 0 bridgehead atoms.